The summed E-state index contributed by atoms with van der Waals surface area (Å²) >= 11 is 0. The van der Waals surface area contributed by atoms with Gasteiger partial charge in [0.1, 0.15) is 40.2 Å². The van der Waals surface area contributed by atoms with Crippen LogP contribution in [-0.4, -0.2) is 37.6 Å². The Hall–Kier alpha value is -4.38. The minimum Gasteiger partial charge on any atom is -0.497 e. The zero-order chi connectivity index (χ0) is 24.8. The van der Waals surface area contributed by atoms with Gasteiger partial charge in [-0.15, -0.1) is 0 Å². The number of nitrogens with zero attached hydrogens (tertiary/aromatic N) is 3. The van der Waals surface area contributed by atoms with Crippen LogP contribution in [-0.2, 0) is 10.0 Å². The van der Waals surface area contributed by atoms with Crippen LogP contribution in [0.15, 0.2) is 78.1 Å². The predicted octanol–water partition coefficient (Wildman–Crippen LogP) is 4.49. The van der Waals surface area contributed by atoms with Crippen LogP contribution in [0.2, 0.25) is 0 Å². The molecule has 0 amide bonds. The second kappa shape index (κ2) is 10.3. The fraction of sp³-hybridized carbons (Fsp3) is 0.125. The number of ether oxygens (including phenoxy) is 2. The molecule has 35 heavy (non-hydrogen) atoms. The van der Waals surface area contributed by atoms with Gasteiger partial charge in [0.25, 0.3) is 10.0 Å². The Bertz CT molecular complexity index is 1430. The maximum absolute atomic E-state index is 12.9. The molecular weight excluding hydrogens is 468 g/mol. The van der Waals surface area contributed by atoms with Crippen LogP contribution in [0.1, 0.15) is 5.56 Å². The summed E-state index contributed by atoms with van der Waals surface area (Å²) in [4.78, 5) is 12.7. The lowest BCUT2D eigenvalue weighted by Crippen LogP contribution is -2.14. The molecule has 0 radical (unpaired) electrons. The molecule has 0 unspecified atom stereocenters. The molecule has 2 heterocycles. The summed E-state index contributed by atoms with van der Waals surface area (Å²) < 4.78 is 38.8. The van der Waals surface area contributed by atoms with Gasteiger partial charge in [-0.2, -0.15) is 0 Å². The van der Waals surface area contributed by atoms with Gasteiger partial charge in [0.15, 0.2) is 0 Å². The third kappa shape index (κ3) is 5.95. The predicted molar refractivity (Wildman–Crippen MR) is 134 cm³/mol. The maximum atomic E-state index is 12.9. The van der Waals surface area contributed by atoms with Gasteiger partial charge in [-0.1, -0.05) is 0 Å². The molecule has 0 aliphatic heterocycles. The molecule has 4 aromatic rings. The van der Waals surface area contributed by atoms with E-state index in [0.29, 0.717) is 34.6 Å². The summed E-state index contributed by atoms with van der Waals surface area (Å²) in [5, 5.41) is 6.31. The number of hydrogen-bond donors (Lipinski definition) is 3. The van der Waals surface area contributed by atoms with E-state index in [4.69, 9.17) is 9.47 Å². The van der Waals surface area contributed by atoms with E-state index in [-0.39, 0.29) is 10.6 Å². The highest BCUT2D eigenvalue weighted by atomic mass is 32.2. The summed E-state index contributed by atoms with van der Waals surface area (Å²) in [5.74, 6) is 2.44. The molecule has 3 N–H and O–H groups in total. The van der Waals surface area contributed by atoms with Crippen LogP contribution in [0.5, 0.6) is 11.5 Å². The van der Waals surface area contributed by atoms with Gasteiger partial charge < -0.3 is 20.1 Å². The van der Waals surface area contributed by atoms with Crippen molar-refractivity contribution in [3.8, 4) is 11.5 Å². The summed E-state index contributed by atoms with van der Waals surface area (Å²) in [6.45, 7) is 1.98. The van der Waals surface area contributed by atoms with Crippen molar-refractivity contribution < 1.29 is 17.9 Å². The molecule has 11 heteroatoms. The molecule has 0 saturated carbocycles. The summed E-state index contributed by atoms with van der Waals surface area (Å²) in [6, 6.07) is 16.9. The Morgan fingerprint density at radius 1 is 0.743 bits per heavy atom. The minimum absolute atomic E-state index is 0.0225. The number of aryl methyl sites for hydroxylation is 1. The van der Waals surface area contributed by atoms with Crippen molar-refractivity contribution in [2.75, 3.05) is 29.6 Å². The molecule has 10 nitrogen and oxygen atoms in total. The summed E-state index contributed by atoms with van der Waals surface area (Å²) in [7, 11) is -1.03. The lowest BCUT2D eigenvalue weighted by atomic mass is 10.3. The number of sulfonamides is 1. The number of methoxy groups -OCH3 is 2. The van der Waals surface area contributed by atoms with Gasteiger partial charge in [-0.05, 0) is 61.0 Å². The highest BCUT2D eigenvalue weighted by Gasteiger charge is 2.20. The SMILES string of the molecule is COc1ccc(OC)c(S(=O)(=O)Nc2ccc(Nc3cc(Nc4cc(C)ccn4)ncn3)cc2)c1. The standard InChI is InChI=1S/C24H24N6O4S/c1-16-10-11-25-22(12-16)29-24-14-23(26-15-27-24)28-17-4-6-18(7-5-17)30-35(31,32)21-13-19(33-2)8-9-20(21)34-3/h4-15,30H,1-3H3,(H2,25,26,27,28,29). The van der Waals surface area contributed by atoms with Gasteiger partial charge in [0, 0.05) is 29.7 Å². The van der Waals surface area contributed by atoms with Gasteiger partial charge in [-0.3, -0.25) is 4.72 Å². The lowest BCUT2D eigenvalue weighted by molar-refractivity contribution is 0.392. The van der Waals surface area contributed by atoms with E-state index >= 15 is 0 Å². The van der Waals surface area contributed by atoms with Gasteiger partial charge in [0.2, 0.25) is 0 Å². The Morgan fingerprint density at radius 2 is 1.43 bits per heavy atom. The zero-order valence-corrected chi connectivity index (χ0v) is 20.1. The van der Waals surface area contributed by atoms with Crippen molar-refractivity contribution in [3.05, 3.63) is 78.8 Å². The van der Waals surface area contributed by atoms with Crippen molar-refractivity contribution >= 4 is 38.9 Å². The lowest BCUT2D eigenvalue weighted by Gasteiger charge is -2.13. The van der Waals surface area contributed by atoms with Crippen LogP contribution in [0.3, 0.4) is 0 Å². The van der Waals surface area contributed by atoms with E-state index in [9.17, 15) is 8.42 Å². The van der Waals surface area contributed by atoms with Crippen LogP contribution >= 0.6 is 0 Å². The minimum atomic E-state index is -3.91. The first-order chi connectivity index (χ1) is 16.9. The molecule has 2 aromatic carbocycles. The number of benzene rings is 2. The van der Waals surface area contributed by atoms with Crippen molar-refractivity contribution in [3.63, 3.8) is 0 Å². The molecular formula is C24H24N6O4S. The quantitative estimate of drug-likeness (QED) is 0.310. The number of anilines is 5. The average Bonchev–Trinajstić information content (AvgIpc) is 2.85. The topological polar surface area (TPSA) is 127 Å². The van der Waals surface area contributed by atoms with E-state index in [1.807, 2.05) is 19.1 Å². The van der Waals surface area contributed by atoms with E-state index < -0.39 is 10.0 Å². The van der Waals surface area contributed by atoms with E-state index in [1.54, 1.807) is 48.7 Å². The molecule has 180 valence electrons. The summed E-state index contributed by atoms with van der Waals surface area (Å²) in [6.07, 6.45) is 3.16. The molecule has 0 bridgehead atoms. The monoisotopic (exact) mass is 492 g/mol. The zero-order valence-electron chi connectivity index (χ0n) is 19.3. The third-order valence-electron chi connectivity index (χ3n) is 4.91. The maximum Gasteiger partial charge on any atom is 0.265 e. The molecule has 4 rings (SSSR count). The Balaban J connectivity index is 1.46. The van der Waals surface area contributed by atoms with Gasteiger partial charge in [0.05, 0.1) is 14.2 Å². The largest absolute Gasteiger partial charge is 0.497 e. The fourth-order valence-corrected chi connectivity index (χ4v) is 4.45. The molecule has 0 fully saturated rings. The van der Waals surface area contributed by atoms with Crippen LogP contribution < -0.4 is 24.8 Å². The highest BCUT2D eigenvalue weighted by Crippen LogP contribution is 2.30. The second-order valence-corrected chi connectivity index (χ2v) is 9.11. The number of nitrogens with one attached hydrogen (secondary N) is 3. The first-order valence-electron chi connectivity index (χ1n) is 10.5. The van der Waals surface area contributed by atoms with Gasteiger partial charge >= 0.3 is 0 Å². The molecule has 0 aliphatic carbocycles. The average molecular weight is 493 g/mol. The highest BCUT2D eigenvalue weighted by molar-refractivity contribution is 7.92. The Morgan fingerprint density at radius 3 is 2.11 bits per heavy atom. The first kappa shape index (κ1) is 23.8. The van der Waals surface area contributed by atoms with Crippen LogP contribution in [0, 0.1) is 6.92 Å². The van der Waals surface area contributed by atoms with E-state index in [2.05, 4.69) is 30.3 Å². The number of rotatable bonds is 9. The first-order valence-corrected chi connectivity index (χ1v) is 12.0. The fourth-order valence-electron chi connectivity index (χ4n) is 3.20. The van der Waals surface area contributed by atoms with Crippen molar-refractivity contribution in [1.82, 2.24) is 15.0 Å². The molecule has 0 atom stereocenters. The molecule has 0 spiro atoms. The van der Waals surface area contributed by atoms with E-state index in [0.717, 1.165) is 5.56 Å². The number of hydrogen-bond acceptors (Lipinski definition) is 9. The summed E-state index contributed by atoms with van der Waals surface area (Å²) in [5.41, 5.74) is 2.18. The van der Waals surface area contributed by atoms with Crippen LogP contribution in [0.25, 0.3) is 0 Å². The Labute approximate surface area is 203 Å². The van der Waals surface area contributed by atoms with Gasteiger partial charge in [-0.25, -0.2) is 23.4 Å². The molecule has 0 saturated heterocycles. The molecule has 0 aliphatic rings. The third-order valence-corrected chi connectivity index (χ3v) is 6.31. The van der Waals surface area contributed by atoms with E-state index in [1.165, 1.54) is 26.6 Å². The Kier molecular flexibility index (Phi) is 6.97. The van der Waals surface area contributed by atoms with Crippen LogP contribution in [0.4, 0.5) is 28.8 Å². The second-order valence-electron chi connectivity index (χ2n) is 7.46. The smallest absolute Gasteiger partial charge is 0.265 e. The molecule has 2 aromatic heterocycles. The van der Waals surface area contributed by atoms with Crippen molar-refractivity contribution in [1.29, 1.82) is 0 Å². The van der Waals surface area contributed by atoms with Crippen molar-refractivity contribution in [2.45, 2.75) is 11.8 Å². The number of pyridine rings is 1. The van der Waals surface area contributed by atoms with Crippen molar-refractivity contribution in [2.24, 2.45) is 0 Å². The number of aromatic nitrogens is 3. The normalized spacial score (nSPS) is 10.9.